The van der Waals surface area contributed by atoms with E-state index in [2.05, 4.69) is 23.7 Å². The zero-order chi connectivity index (χ0) is 14.5. The number of hydrogen-bond donors (Lipinski definition) is 1. The first-order valence-electron chi connectivity index (χ1n) is 6.76. The highest BCUT2D eigenvalue weighted by Crippen LogP contribution is 2.27. The van der Waals surface area contributed by atoms with Crippen LogP contribution < -0.4 is 9.61 Å². The van der Waals surface area contributed by atoms with Gasteiger partial charge < -0.3 is 9.72 Å². The fourth-order valence-electron chi connectivity index (χ4n) is 2.13. The van der Waals surface area contributed by atoms with Crippen LogP contribution in [0.15, 0.2) is 29.1 Å². The van der Waals surface area contributed by atoms with Crippen molar-refractivity contribution in [2.45, 2.75) is 20.4 Å². The molecule has 0 amide bonds. The van der Waals surface area contributed by atoms with Gasteiger partial charge in [0.1, 0.15) is 5.75 Å². The van der Waals surface area contributed by atoms with Crippen molar-refractivity contribution >= 4 is 11.3 Å². The highest BCUT2D eigenvalue weighted by molar-refractivity contribution is 7.09. The van der Waals surface area contributed by atoms with Gasteiger partial charge in [-0.2, -0.15) is 0 Å². The summed E-state index contributed by atoms with van der Waals surface area (Å²) < 4.78 is 5.25. The molecule has 108 valence electrons. The first-order valence-corrected chi connectivity index (χ1v) is 7.58. The average Bonchev–Trinajstić information content (AvgIpc) is 2.85. The molecule has 0 spiro atoms. The van der Waals surface area contributed by atoms with Gasteiger partial charge in [0.15, 0.2) is 0 Å². The van der Waals surface area contributed by atoms with Gasteiger partial charge >= 0.3 is 4.87 Å². The number of nitrogens with one attached hydrogen (secondary N) is 1. The van der Waals surface area contributed by atoms with Crippen molar-refractivity contribution in [3.63, 3.8) is 0 Å². The summed E-state index contributed by atoms with van der Waals surface area (Å²) in [6.45, 7) is 7.00. The van der Waals surface area contributed by atoms with Crippen LogP contribution in [-0.4, -0.2) is 30.1 Å². The number of methoxy groups -OCH3 is 1. The van der Waals surface area contributed by atoms with Crippen LogP contribution in [0.25, 0.3) is 11.3 Å². The Bertz CT molecular complexity index is 614. The monoisotopic (exact) mass is 292 g/mol. The lowest BCUT2D eigenvalue weighted by molar-refractivity contribution is 0.298. The Hall–Kier alpha value is -1.59. The maximum absolute atomic E-state index is 11.7. The molecule has 20 heavy (non-hydrogen) atoms. The molecule has 0 aliphatic rings. The molecule has 0 radical (unpaired) electrons. The fourth-order valence-corrected chi connectivity index (χ4v) is 3.03. The summed E-state index contributed by atoms with van der Waals surface area (Å²) in [5.74, 6) is 0.795. The molecule has 0 atom stereocenters. The van der Waals surface area contributed by atoms with Gasteiger partial charge in [-0.25, -0.2) is 0 Å². The fraction of sp³-hybridized carbons (Fsp3) is 0.400. The van der Waals surface area contributed by atoms with Crippen molar-refractivity contribution in [2.24, 2.45) is 0 Å². The van der Waals surface area contributed by atoms with Crippen LogP contribution in [0.3, 0.4) is 0 Å². The number of benzene rings is 1. The summed E-state index contributed by atoms with van der Waals surface area (Å²) in [6, 6.07) is 7.78. The molecule has 0 saturated carbocycles. The highest BCUT2D eigenvalue weighted by atomic mass is 32.1. The lowest BCUT2D eigenvalue weighted by Crippen LogP contribution is -2.21. The molecular weight excluding hydrogens is 272 g/mol. The number of aromatic amines is 1. The highest BCUT2D eigenvalue weighted by Gasteiger charge is 2.13. The molecule has 0 aliphatic heterocycles. The third kappa shape index (κ3) is 3.29. The summed E-state index contributed by atoms with van der Waals surface area (Å²) in [4.78, 5) is 18.0. The number of hydrogen-bond acceptors (Lipinski definition) is 4. The van der Waals surface area contributed by atoms with E-state index >= 15 is 0 Å². The number of rotatable bonds is 6. The lowest BCUT2D eigenvalue weighted by atomic mass is 10.1. The molecule has 1 N–H and O–H groups in total. The minimum Gasteiger partial charge on any atom is -0.497 e. The number of ether oxygens (including phenoxy) is 1. The summed E-state index contributed by atoms with van der Waals surface area (Å²) in [7, 11) is 1.65. The normalized spacial score (nSPS) is 11.0. The van der Waals surface area contributed by atoms with Gasteiger partial charge in [-0.1, -0.05) is 37.3 Å². The predicted molar refractivity (Wildman–Crippen MR) is 83.6 cm³/mol. The van der Waals surface area contributed by atoms with Gasteiger partial charge in [0, 0.05) is 17.0 Å². The van der Waals surface area contributed by atoms with Crippen LogP contribution in [0.2, 0.25) is 0 Å². The van der Waals surface area contributed by atoms with Crippen LogP contribution in [0.1, 0.15) is 18.7 Å². The van der Waals surface area contributed by atoms with Gasteiger partial charge in [-0.3, -0.25) is 9.69 Å². The smallest absolute Gasteiger partial charge is 0.305 e. The zero-order valence-electron chi connectivity index (χ0n) is 12.1. The number of H-pyrrole nitrogens is 1. The molecule has 2 rings (SSSR count). The second-order valence-corrected chi connectivity index (χ2v) is 5.57. The Kier molecular flexibility index (Phi) is 4.98. The Balaban J connectivity index is 2.38. The first-order chi connectivity index (χ1) is 9.67. The quantitative estimate of drug-likeness (QED) is 0.890. The van der Waals surface area contributed by atoms with E-state index in [0.717, 1.165) is 41.5 Å². The Labute approximate surface area is 123 Å². The van der Waals surface area contributed by atoms with E-state index in [4.69, 9.17) is 4.74 Å². The molecule has 1 aromatic heterocycles. The molecule has 2 aromatic rings. The lowest BCUT2D eigenvalue weighted by Gasteiger charge is -2.17. The maximum Gasteiger partial charge on any atom is 0.305 e. The molecule has 1 aromatic carbocycles. The predicted octanol–water partition coefficient (Wildman–Crippen LogP) is 2.95. The van der Waals surface area contributed by atoms with Crippen molar-refractivity contribution in [1.82, 2.24) is 9.88 Å². The Morgan fingerprint density at radius 3 is 2.70 bits per heavy atom. The van der Waals surface area contributed by atoms with E-state index < -0.39 is 0 Å². The molecule has 0 bridgehead atoms. The standard InChI is InChI=1S/C15H20N2O2S/c1-4-17(5-2)10-13-14(16-15(18)20-13)11-7-6-8-12(9-11)19-3/h6-9H,4-5,10H2,1-3H3,(H,16,18). The molecular formula is C15H20N2O2S. The summed E-state index contributed by atoms with van der Waals surface area (Å²) in [6.07, 6.45) is 0. The first kappa shape index (κ1) is 14.8. The minimum absolute atomic E-state index is 0.00928. The van der Waals surface area contributed by atoms with E-state index in [1.54, 1.807) is 7.11 Å². The summed E-state index contributed by atoms with van der Waals surface area (Å²) in [5, 5.41) is 0. The summed E-state index contributed by atoms with van der Waals surface area (Å²) in [5.41, 5.74) is 1.90. The zero-order valence-corrected chi connectivity index (χ0v) is 12.9. The average molecular weight is 292 g/mol. The van der Waals surface area contributed by atoms with Gasteiger partial charge in [0.25, 0.3) is 0 Å². The Morgan fingerprint density at radius 1 is 1.30 bits per heavy atom. The van der Waals surface area contributed by atoms with E-state index in [9.17, 15) is 4.79 Å². The second kappa shape index (κ2) is 6.72. The second-order valence-electron chi connectivity index (χ2n) is 4.51. The van der Waals surface area contributed by atoms with Gasteiger partial charge in [-0.05, 0) is 25.2 Å². The third-order valence-electron chi connectivity index (χ3n) is 3.34. The third-order valence-corrected chi connectivity index (χ3v) is 4.21. The van der Waals surface area contributed by atoms with Crippen LogP contribution in [0.4, 0.5) is 0 Å². The van der Waals surface area contributed by atoms with Crippen LogP contribution in [0.5, 0.6) is 5.75 Å². The Morgan fingerprint density at radius 2 is 2.05 bits per heavy atom. The molecule has 0 saturated heterocycles. The molecule has 4 nitrogen and oxygen atoms in total. The SMILES string of the molecule is CCN(CC)Cc1sc(=O)[nH]c1-c1cccc(OC)c1. The van der Waals surface area contributed by atoms with Crippen molar-refractivity contribution in [3.05, 3.63) is 38.8 Å². The van der Waals surface area contributed by atoms with Crippen molar-refractivity contribution in [3.8, 4) is 17.0 Å². The number of aromatic nitrogens is 1. The van der Waals surface area contributed by atoms with E-state index in [0.29, 0.717) is 0 Å². The largest absolute Gasteiger partial charge is 0.497 e. The van der Waals surface area contributed by atoms with Gasteiger partial charge in [-0.15, -0.1) is 0 Å². The van der Waals surface area contributed by atoms with E-state index in [1.165, 1.54) is 11.3 Å². The maximum atomic E-state index is 11.7. The number of thiazole rings is 1. The summed E-state index contributed by atoms with van der Waals surface area (Å²) >= 11 is 1.29. The van der Waals surface area contributed by atoms with E-state index in [1.807, 2.05) is 24.3 Å². The number of nitrogens with zero attached hydrogens (tertiary/aromatic N) is 1. The molecule has 0 aliphatic carbocycles. The molecule has 0 unspecified atom stereocenters. The van der Waals surface area contributed by atoms with Gasteiger partial charge in [0.2, 0.25) is 0 Å². The van der Waals surface area contributed by atoms with Crippen LogP contribution in [-0.2, 0) is 6.54 Å². The van der Waals surface area contributed by atoms with Gasteiger partial charge in [0.05, 0.1) is 12.8 Å². The topological polar surface area (TPSA) is 45.3 Å². The van der Waals surface area contributed by atoms with Crippen LogP contribution >= 0.6 is 11.3 Å². The molecule has 1 heterocycles. The van der Waals surface area contributed by atoms with Crippen molar-refractivity contribution < 1.29 is 4.74 Å². The van der Waals surface area contributed by atoms with E-state index in [-0.39, 0.29) is 4.87 Å². The van der Waals surface area contributed by atoms with Crippen LogP contribution in [0, 0.1) is 0 Å². The minimum atomic E-state index is -0.00928. The van der Waals surface area contributed by atoms with Crippen molar-refractivity contribution in [2.75, 3.05) is 20.2 Å². The molecule has 5 heteroatoms. The molecule has 0 fully saturated rings. The van der Waals surface area contributed by atoms with Crippen molar-refractivity contribution in [1.29, 1.82) is 0 Å².